The molecule has 0 bridgehead atoms. The third kappa shape index (κ3) is 2.92. The molecule has 2 fully saturated rings. The highest BCUT2D eigenvalue weighted by Gasteiger charge is 2.29. The molecule has 3 nitrogen and oxygen atoms in total. The maximum atomic E-state index is 6.00. The minimum Gasteiger partial charge on any atom is -0.327 e. The molecular weight excluding hydrogens is 186 g/mol. The molecule has 2 unspecified atom stereocenters. The molecule has 2 N–H and O–H groups in total. The number of rotatable bonds is 4. The molecule has 88 valence electrons. The van der Waals surface area contributed by atoms with E-state index in [1.54, 1.807) is 0 Å². The number of hydrogen-bond donors (Lipinski definition) is 1. The minimum atomic E-state index is 0.377. The van der Waals surface area contributed by atoms with Gasteiger partial charge in [0.05, 0.1) is 0 Å². The Kier molecular flexibility index (Phi) is 4.00. The van der Waals surface area contributed by atoms with Crippen LogP contribution in [0.3, 0.4) is 0 Å². The quantitative estimate of drug-likeness (QED) is 0.750. The van der Waals surface area contributed by atoms with Gasteiger partial charge in [-0.15, -0.1) is 0 Å². The van der Waals surface area contributed by atoms with Crippen molar-refractivity contribution in [1.82, 2.24) is 9.80 Å². The van der Waals surface area contributed by atoms with Crippen LogP contribution in [0.5, 0.6) is 0 Å². The highest BCUT2D eigenvalue weighted by molar-refractivity contribution is 4.86. The van der Waals surface area contributed by atoms with Crippen LogP contribution >= 0.6 is 0 Å². The molecule has 2 aliphatic rings. The van der Waals surface area contributed by atoms with Crippen molar-refractivity contribution >= 4 is 0 Å². The number of hydrogen-bond acceptors (Lipinski definition) is 3. The van der Waals surface area contributed by atoms with Gasteiger partial charge in [0.25, 0.3) is 0 Å². The molecule has 15 heavy (non-hydrogen) atoms. The van der Waals surface area contributed by atoms with Crippen LogP contribution in [0.1, 0.15) is 32.6 Å². The second-order valence-electron chi connectivity index (χ2n) is 5.11. The van der Waals surface area contributed by atoms with Crippen molar-refractivity contribution in [2.75, 3.05) is 32.7 Å². The maximum Gasteiger partial charge on any atom is 0.0235 e. The summed E-state index contributed by atoms with van der Waals surface area (Å²) >= 11 is 0. The first kappa shape index (κ1) is 11.4. The first-order valence-electron chi connectivity index (χ1n) is 6.51. The fourth-order valence-electron chi connectivity index (χ4n) is 2.84. The van der Waals surface area contributed by atoms with E-state index in [2.05, 4.69) is 16.7 Å². The summed E-state index contributed by atoms with van der Waals surface area (Å²) in [4.78, 5) is 5.23. The van der Waals surface area contributed by atoms with Crippen LogP contribution in [0.25, 0.3) is 0 Å². The molecular formula is C12H25N3. The lowest BCUT2D eigenvalue weighted by Crippen LogP contribution is -2.39. The van der Waals surface area contributed by atoms with Crippen LogP contribution in [0.15, 0.2) is 0 Å². The van der Waals surface area contributed by atoms with Crippen LogP contribution in [0, 0.1) is 0 Å². The van der Waals surface area contributed by atoms with Crippen molar-refractivity contribution in [1.29, 1.82) is 0 Å². The Bertz CT molecular complexity index is 189. The van der Waals surface area contributed by atoms with Crippen LogP contribution in [-0.2, 0) is 0 Å². The Morgan fingerprint density at radius 2 is 2.00 bits per heavy atom. The molecule has 2 saturated heterocycles. The molecule has 2 rings (SSSR count). The molecule has 2 heterocycles. The maximum absolute atomic E-state index is 6.00. The number of likely N-dealkylation sites (tertiary alicyclic amines) is 2. The predicted molar refractivity (Wildman–Crippen MR) is 63.9 cm³/mol. The van der Waals surface area contributed by atoms with Crippen molar-refractivity contribution in [2.24, 2.45) is 5.73 Å². The van der Waals surface area contributed by atoms with E-state index in [0.29, 0.717) is 6.04 Å². The molecule has 0 radical (unpaired) electrons. The predicted octanol–water partition coefficient (Wildman–Crippen LogP) is 0.894. The molecule has 0 aliphatic carbocycles. The molecule has 0 aromatic rings. The van der Waals surface area contributed by atoms with E-state index in [1.165, 1.54) is 45.4 Å². The third-order valence-corrected chi connectivity index (χ3v) is 3.92. The fourth-order valence-corrected chi connectivity index (χ4v) is 2.84. The lowest BCUT2D eigenvalue weighted by Gasteiger charge is -2.24. The van der Waals surface area contributed by atoms with Crippen molar-refractivity contribution in [3.8, 4) is 0 Å². The van der Waals surface area contributed by atoms with Gasteiger partial charge in [-0.2, -0.15) is 0 Å². The SMILES string of the molecule is CCC(N)CN1CCC(N2CCCC2)C1. The summed E-state index contributed by atoms with van der Waals surface area (Å²) in [5, 5.41) is 0. The van der Waals surface area contributed by atoms with E-state index < -0.39 is 0 Å². The van der Waals surface area contributed by atoms with Crippen LogP contribution < -0.4 is 5.73 Å². The Labute approximate surface area is 93.6 Å². The molecule has 0 aromatic heterocycles. The number of nitrogens with zero attached hydrogens (tertiary/aromatic N) is 2. The summed E-state index contributed by atoms with van der Waals surface area (Å²) in [5.74, 6) is 0. The Morgan fingerprint density at radius 1 is 1.27 bits per heavy atom. The van der Waals surface area contributed by atoms with Crippen LogP contribution in [0.2, 0.25) is 0 Å². The van der Waals surface area contributed by atoms with Gasteiger partial charge < -0.3 is 10.6 Å². The average Bonchev–Trinajstić information content (AvgIpc) is 2.85. The van der Waals surface area contributed by atoms with Gasteiger partial charge in [0.15, 0.2) is 0 Å². The van der Waals surface area contributed by atoms with Gasteiger partial charge in [-0.05, 0) is 45.3 Å². The van der Waals surface area contributed by atoms with Gasteiger partial charge in [-0.1, -0.05) is 6.92 Å². The van der Waals surface area contributed by atoms with Crippen molar-refractivity contribution < 1.29 is 0 Å². The zero-order chi connectivity index (χ0) is 10.7. The van der Waals surface area contributed by atoms with Gasteiger partial charge in [0.1, 0.15) is 0 Å². The lowest BCUT2D eigenvalue weighted by molar-refractivity contribution is 0.227. The lowest BCUT2D eigenvalue weighted by atomic mass is 10.2. The van der Waals surface area contributed by atoms with Crippen LogP contribution in [0.4, 0.5) is 0 Å². The van der Waals surface area contributed by atoms with E-state index in [1.807, 2.05) is 0 Å². The second kappa shape index (κ2) is 5.28. The third-order valence-electron chi connectivity index (χ3n) is 3.92. The summed E-state index contributed by atoms with van der Waals surface area (Å²) < 4.78 is 0. The Balaban J connectivity index is 1.74. The topological polar surface area (TPSA) is 32.5 Å². The Morgan fingerprint density at radius 3 is 2.67 bits per heavy atom. The van der Waals surface area contributed by atoms with Crippen molar-refractivity contribution in [3.05, 3.63) is 0 Å². The zero-order valence-electron chi connectivity index (χ0n) is 9.99. The van der Waals surface area contributed by atoms with E-state index in [-0.39, 0.29) is 0 Å². The largest absolute Gasteiger partial charge is 0.327 e. The monoisotopic (exact) mass is 211 g/mol. The van der Waals surface area contributed by atoms with Gasteiger partial charge in [-0.25, -0.2) is 0 Å². The fraction of sp³-hybridized carbons (Fsp3) is 1.00. The van der Waals surface area contributed by atoms with Crippen LogP contribution in [-0.4, -0.2) is 54.6 Å². The summed E-state index contributed by atoms with van der Waals surface area (Å²) in [6.45, 7) is 8.46. The van der Waals surface area contributed by atoms with E-state index in [9.17, 15) is 0 Å². The van der Waals surface area contributed by atoms with Gasteiger partial charge in [0, 0.05) is 25.2 Å². The van der Waals surface area contributed by atoms with Gasteiger partial charge in [0.2, 0.25) is 0 Å². The highest BCUT2D eigenvalue weighted by Crippen LogP contribution is 2.20. The van der Waals surface area contributed by atoms with E-state index >= 15 is 0 Å². The molecule has 3 heteroatoms. The number of nitrogens with two attached hydrogens (primary N) is 1. The first-order valence-corrected chi connectivity index (χ1v) is 6.51. The van der Waals surface area contributed by atoms with Gasteiger partial charge in [-0.3, -0.25) is 4.90 Å². The Hall–Kier alpha value is -0.120. The molecule has 0 spiro atoms. The van der Waals surface area contributed by atoms with Crippen molar-refractivity contribution in [2.45, 2.75) is 44.7 Å². The molecule has 0 saturated carbocycles. The summed E-state index contributed by atoms with van der Waals surface area (Å²) in [6.07, 6.45) is 5.28. The molecule has 0 aromatic carbocycles. The summed E-state index contributed by atoms with van der Waals surface area (Å²) in [5.41, 5.74) is 6.00. The smallest absolute Gasteiger partial charge is 0.0235 e. The summed E-state index contributed by atoms with van der Waals surface area (Å²) in [7, 11) is 0. The highest BCUT2D eigenvalue weighted by atomic mass is 15.3. The molecule has 2 aliphatic heterocycles. The average molecular weight is 211 g/mol. The van der Waals surface area contributed by atoms with E-state index in [0.717, 1.165) is 19.0 Å². The standard InChI is InChI=1S/C12H25N3/c1-2-11(13)9-14-8-5-12(10-14)15-6-3-4-7-15/h11-12H,2-10,13H2,1H3. The zero-order valence-corrected chi connectivity index (χ0v) is 9.99. The normalized spacial score (nSPS) is 31.2. The molecule has 2 atom stereocenters. The van der Waals surface area contributed by atoms with Crippen molar-refractivity contribution in [3.63, 3.8) is 0 Å². The second-order valence-corrected chi connectivity index (χ2v) is 5.11. The minimum absolute atomic E-state index is 0.377. The van der Waals surface area contributed by atoms with Gasteiger partial charge >= 0.3 is 0 Å². The first-order chi connectivity index (χ1) is 7.29. The van der Waals surface area contributed by atoms with E-state index in [4.69, 9.17) is 5.73 Å². The summed E-state index contributed by atoms with van der Waals surface area (Å²) in [6, 6.07) is 1.21. The molecule has 0 amide bonds.